The van der Waals surface area contributed by atoms with Gasteiger partial charge in [-0.15, -0.1) is 0 Å². The van der Waals surface area contributed by atoms with Crippen molar-refractivity contribution in [3.63, 3.8) is 0 Å². The van der Waals surface area contributed by atoms with Crippen LogP contribution in [0.5, 0.6) is 0 Å². The van der Waals surface area contributed by atoms with Crippen LogP contribution in [0.4, 0.5) is 10.3 Å². The summed E-state index contributed by atoms with van der Waals surface area (Å²) in [5.41, 5.74) is -0.0346. The van der Waals surface area contributed by atoms with Crippen molar-refractivity contribution >= 4 is 17.9 Å². The van der Waals surface area contributed by atoms with Gasteiger partial charge in [0.1, 0.15) is 11.3 Å². The summed E-state index contributed by atoms with van der Waals surface area (Å²) in [6.45, 7) is 5.56. The molecule has 2 N–H and O–H groups in total. The second-order valence-corrected chi connectivity index (χ2v) is 8.50. The summed E-state index contributed by atoms with van der Waals surface area (Å²) in [5, 5.41) is 12.4. The molecule has 1 heterocycles. The van der Waals surface area contributed by atoms with Crippen LogP contribution >= 0.6 is 0 Å². The molecule has 0 amide bonds. The molecule has 3 rings (SSSR count). The van der Waals surface area contributed by atoms with Crippen LogP contribution in [-0.2, 0) is 9.53 Å². The van der Waals surface area contributed by atoms with E-state index in [1.54, 1.807) is 12.1 Å². The molecule has 0 bridgehead atoms. The highest BCUT2D eigenvalue weighted by Gasteiger charge is 2.30. The van der Waals surface area contributed by atoms with Crippen molar-refractivity contribution < 1.29 is 23.8 Å². The number of aromatic carboxylic acids is 1. The number of hydrogen-bond acceptors (Lipinski definition) is 6. The molecule has 1 aliphatic carbocycles. The molecule has 1 fully saturated rings. The molecule has 0 aliphatic heterocycles. The molecule has 1 aromatic carbocycles. The lowest BCUT2D eigenvalue weighted by atomic mass is 9.86. The first-order chi connectivity index (χ1) is 14.1. The Bertz CT molecular complexity index is 934. The fraction of sp³-hybridized carbons (Fsp3) is 0.455. The minimum absolute atomic E-state index is 0.0399. The number of nitrogens with one attached hydrogen (secondary N) is 1. The Labute approximate surface area is 174 Å². The van der Waals surface area contributed by atoms with Crippen LogP contribution in [-0.4, -0.2) is 38.7 Å². The number of aromatic nitrogens is 2. The number of carbonyl (C=O) groups excluding carboxylic acids is 1. The van der Waals surface area contributed by atoms with Crippen LogP contribution in [0.1, 0.15) is 56.8 Å². The van der Waals surface area contributed by atoms with Gasteiger partial charge in [-0.3, -0.25) is 4.79 Å². The topological polar surface area (TPSA) is 101 Å². The van der Waals surface area contributed by atoms with Gasteiger partial charge in [0.05, 0.1) is 17.7 Å². The number of hydrogen-bond donors (Lipinski definition) is 2. The molecule has 7 nitrogen and oxygen atoms in total. The van der Waals surface area contributed by atoms with Crippen molar-refractivity contribution in [3.8, 4) is 11.3 Å². The molecule has 0 atom stereocenters. The number of carboxylic acids is 1. The third kappa shape index (κ3) is 5.52. The van der Waals surface area contributed by atoms with Gasteiger partial charge in [-0.05, 0) is 58.6 Å². The molecule has 2 aromatic rings. The van der Waals surface area contributed by atoms with Crippen LogP contribution in [0.25, 0.3) is 11.3 Å². The lowest BCUT2D eigenvalue weighted by Crippen LogP contribution is -2.34. The van der Waals surface area contributed by atoms with Crippen molar-refractivity contribution in [1.29, 1.82) is 0 Å². The van der Waals surface area contributed by atoms with Gasteiger partial charge in [-0.25, -0.2) is 19.2 Å². The highest BCUT2D eigenvalue weighted by molar-refractivity contribution is 5.89. The van der Waals surface area contributed by atoms with Crippen LogP contribution in [0.15, 0.2) is 30.5 Å². The van der Waals surface area contributed by atoms with Crippen molar-refractivity contribution in [2.24, 2.45) is 5.92 Å². The molecule has 30 heavy (non-hydrogen) atoms. The second-order valence-electron chi connectivity index (χ2n) is 8.50. The molecule has 1 saturated carbocycles. The van der Waals surface area contributed by atoms with E-state index in [1.165, 1.54) is 12.1 Å². The van der Waals surface area contributed by atoms with Gasteiger partial charge in [-0.2, -0.15) is 0 Å². The minimum Gasteiger partial charge on any atom is -0.478 e. The van der Waals surface area contributed by atoms with Gasteiger partial charge in [0.2, 0.25) is 5.95 Å². The number of anilines is 1. The van der Waals surface area contributed by atoms with Gasteiger partial charge in [0.15, 0.2) is 5.82 Å². The fourth-order valence-corrected chi connectivity index (χ4v) is 3.48. The Morgan fingerprint density at radius 2 is 1.90 bits per heavy atom. The minimum atomic E-state index is -1.09. The lowest BCUT2D eigenvalue weighted by molar-refractivity contribution is -0.161. The smallest absolute Gasteiger partial charge is 0.335 e. The third-order valence-electron chi connectivity index (χ3n) is 4.93. The Morgan fingerprint density at radius 1 is 1.20 bits per heavy atom. The number of ether oxygens (including phenoxy) is 1. The van der Waals surface area contributed by atoms with Gasteiger partial charge >= 0.3 is 11.9 Å². The number of carboxylic acid groups (broad SMARTS) is 1. The van der Waals surface area contributed by atoms with E-state index in [2.05, 4.69) is 15.3 Å². The maximum absolute atomic E-state index is 14.3. The maximum Gasteiger partial charge on any atom is 0.335 e. The maximum atomic E-state index is 14.3. The Kier molecular flexibility index (Phi) is 6.34. The van der Waals surface area contributed by atoms with E-state index in [-0.39, 0.29) is 35.1 Å². The molecule has 0 saturated heterocycles. The number of nitrogens with zero attached hydrogens (tertiary/aromatic N) is 2. The van der Waals surface area contributed by atoms with Gasteiger partial charge in [-0.1, -0.05) is 12.1 Å². The lowest BCUT2D eigenvalue weighted by Gasteiger charge is -2.30. The van der Waals surface area contributed by atoms with Gasteiger partial charge < -0.3 is 15.2 Å². The number of halogens is 1. The van der Waals surface area contributed by atoms with Crippen LogP contribution in [0.3, 0.4) is 0 Å². The Balaban J connectivity index is 1.66. The molecule has 1 aliphatic rings. The Morgan fingerprint density at radius 3 is 2.53 bits per heavy atom. The summed E-state index contributed by atoms with van der Waals surface area (Å²) >= 11 is 0. The Hall–Kier alpha value is -3.03. The first kappa shape index (κ1) is 21.7. The molecular weight excluding hydrogens is 389 g/mol. The highest BCUT2D eigenvalue weighted by Crippen LogP contribution is 2.29. The number of rotatable bonds is 5. The number of esters is 1. The van der Waals surface area contributed by atoms with E-state index in [9.17, 15) is 14.0 Å². The van der Waals surface area contributed by atoms with E-state index in [1.807, 2.05) is 20.8 Å². The standard InChI is InChI=1S/C22H26FN3O4/c1-22(2,3)30-20(29)13-7-9-16(10-8-13)25-21-24-12-17(23)18(26-21)14-5-4-6-15(11-14)19(27)28/h4-6,11-13,16H,7-10H2,1-3H3,(H,27,28)(H,24,25,26). The van der Waals surface area contributed by atoms with E-state index in [4.69, 9.17) is 9.84 Å². The average molecular weight is 415 g/mol. The first-order valence-electron chi connectivity index (χ1n) is 9.98. The summed E-state index contributed by atoms with van der Waals surface area (Å²) in [5.74, 6) is -1.73. The van der Waals surface area contributed by atoms with Gasteiger partial charge in [0.25, 0.3) is 0 Å². The molecule has 0 radical (unpaired) electrons. The number of benzene rings is 1. The van der Waals surface area contributed by atoms with Crippen molar-refractivity contribution in [1.82, 2.24) is 9.97 Å². The highest BCUT2D eigenvalue weighted by atomic mass is 19.1. The summed E-state index contributed by atoms with van der Waals surface area (Å²) in [6.07, 6.45) is 3.95. The van der Waals surface area contributed by atoms with Crippen molar-refractivity contribution in [3.05, 3.63) is 41.8 Å². The van der Waals surface area contributed by atoms with Crippen LogP contribution in [0.2, 0.25) is 0 Å². The molecule has 0 unspecified atom stereocenters. The van der Waals surface area contributed by atoms with E-state index >= 15 is 0 Å². The fourth-order valence-electron chi connectivity index (χ4n) is 3.48. The first-order valence-corrected chi connectivity index (χ1v) is 9.98. The molecule has 1 aromatic heterocycles. The molecule has 0 spiro atoms. The van der Waals surface area contributed by atoms with Crippen molar-refractivity contribution in [2.45, 2.75) is 58.1 Å². The second kappa shape index (κ2) is 8.77. The monoisotopic (exact) mass is 415 g/mol. The van der Waals surface area contributed by atoms with E-state index in [0.717, 1.165) is 19.0 Å². The van der Waals surface area contributed by atoms with Crippen LogP contribution < -0.4 is 5.32 Å². The van der Waals surface area contributed by atoms with Gasteiger partial charge in [0, 0.05) is 11.6 Å². The number of carbonyl (C=O) groups is 2. The summed E-state index contributed by atoms with van der Waals surface area (Å²) in [6, 6.07) is 6.03. The quantitative estimate of drug-likeness (QED) is 0.702. The zero-order valence-electron chi connectivity index (χ0n) is 17.3. The summed E-state index contributed by atoms with van der Waals surface area (Å²) in [7, 11) is 0. The predicted octanol–water partition coefficient (Wildman–Crippen LogP) is 4.29. The summed E-state index contributed by atoms with van der Waals surface area (Å²) in [4.78, 5) is 31.7. The SMILES string of the molecule is CC(C)(C)OC(=O)C1CCC(Nc2ncc(F)c(-c3cccc(C(=O)O)c3)n2)CC1. The zero-order valence-corrected chi connectivity index (χ0v) is 17.3. The predicted molar refractivity (Wildman–Crippen MR) is 110 cm³/mol. The molecule has 8 heteroatoms. The molecule has 160 valence electrons. The summed E-state index contributed by atoms with van der Waals surface area (Å²) < 4.78 is 19.8. The van der Waals surface area contributed by atoms with Crippen molar-refractivity contribution in [2.75, 3.05) is 5.32 Å². The van der Waals surface area contributed by atoms with E-state index in [0.29, 0.717) is 18.4 Å². The largest absolute Gasteiger partial charge is 0.478 e. The zero-order chi connectivity index (χ0) is 21.9. The third-order valence-corrected chi connectivity index (χ3v) is 4.93. The molecular formula is C22H26FN3O4. The van der Waals surface area contributed by atoms with Crippen LogP contribution in [0, 0.1) is 11.7 Å². The average Bonchev–Trinajstić information content (AvgIpc) is 2.69. The normalized spacial score (nSPS) is 19.2. The van der Waals surface area contributed by atoms with E-state index < -0.39 is 17.4 Å².